The quantitative estimate of drug-likeness (QED) is 0.333. The molecule has 0 bridgehead atoms. The second kappa shape index (κ2) is 16.3. The Balaban J connectivity index is 3.55. The molecule has 0 saturated carbocycles. The molecule has 0 heterocycles. The van der Waals surface area contributed by atoms with E-state index in [1.807, 2.05) is 25.8 Å². The van der Waals surface area contributed by atoms with Crippen LogP contribution >= 0.6 is 0 Å². The van der Waals surface area contributed by atoms with Crippen LogP contribution in [-0.2, 0) is 23.8 Å². The molecule has 1 N–H and O–H groups in total. The number of hydrogen-bond donors (Lipinski definition) is 1. The van der Waals surface area contributed by atoms with Gasteiger partial charge in [-0.1, -0.05) is 6.92 Å². The average molecular weight is 360 g/mol. The van der Waals surface area contributed by atoms with Gasteiger partial charge in [-0.2, -0.15) is 0 Å². The van der Waals surface area contributed by atoms with E-state index in [1.165, 1.54) is 0 Å². The highest BCUT2D eigenvalue weighted by Crippen LogP contribution is 1.97. The summed E-state index contributed by atoms with van der Waals surface area (Å²) in [6.07, 6.45) is 2.83. The number of nitrogens with one attached hydrogen (secondary N) is 1. The first-order valence-electron chi connectivity index (χ1n) is 9.29. The Labute approximate surface area is 152 Å². The number of hydrogen-bond acceptors (Lipinski definition) is 6. The first-order valence-corrected chi connectivity index (χ1v) is 9.29. The van der Waals surface area contributed by atoms with Crippen LogP contribution in [0.3, 0.4) is 0 Å². The van der Waals surface area contributed by atoms with Gasteiger partial charge in [0.25, 0.3) is 0 Å². The zero-order chi connectivity index (χ0) is 18.9. The average Bonchev–Trinajstić information content (AvgIpc) is 2.61. The van der Waals surface area contributed by atoms with Crippen molar-refractivity contribution >= 4 is 11.9 Å². The summed E-state index contributed by atoms with van der Waals surface area (Å²) in [5.74, 6) is -0.216. The van der Waals surface area contributed by atoms with Crippen molar-refractivity contribution < 1.29 is 23.8 Å². The predicted molar refractivity (Wildman–Crippen MR) is 97.5 cm³/mol. The number of ether oxygens (including phenoxy) is 3. The minimum Gasteiger partial charge on any atom is -0.463 e. The highest BCUT2D eigenvalue weighted by atomic mass is 16.6. The van der Waals surface area contributed by atoms with Gasteiger partial charge in [-0.3, -0.25) is 9.59 Å². The van der Waals surface area contributed by atoms with Gasteiger partial charge in [0.05, 0.1) is 19.1 Å². The molecular formula is C18H36N2O5. The Kier molecular flexibility index (Phi) is 15.5. The monoisotopic (exact) mass is 360 g/mol. The van der Waals surface area contributed by atoms with Crippen molar-refractivity contribution in [1.29, 1.82) is 0 Å². The Morgan fingerprint density at radius 3 is 2.48 bits per heavy atom. The first-order chi connectivity index (χ1) is 12.0. The SMILES string of the molecule is CCOCCOC(=O)CCN(C)CCC(=O)NCCCOC(C)CC. The van der Waals surface area contributed by atoms with E-state index in [4.69, 9.17) is 14.2 Å². The van der Waals surface area contributed by atoms with Gasteiger partial charge < -0.3 is 24.4 Å². The van der Waals surface area contributed by atoms with Gasteiger partial charge in [0.15, 0.2) is 0 Å². The van der Waals surface area contributed by atoms with Crippen molar-refractivity contribution in [3.63, 3.8) is 0 Å². The van der Waals surface area contributed by atoms with E-state index in [0.717, 1.165) is 12.8 Å². The summed E-state index contributed by atoms with van der Waals surface area (Å²) in [6.45, 7) is 9.85. The van der Waals surface area contributed by atoms with Crippen molar-refractivity contribution in [2.24, 2.45) is 0 Å². The largest absolute Gasteiger partial charge is 0.463 e. The van der Waals surface area contributed by atoms with Crippen LogP contribution in [0.5, 0.6) is 0 Å². The number of carbonyl (C=O) groups excluding carboxylic acids is 2. The van der Waals surface area contributed by atoms with E-state index in [1.54, 1.807) is 0 Å². The van der Waals surface area contributed by atoms with Gasteiger partial charge in [0.2, 0.25) is 5.91 Å². The van der Waals surface area contributed by atoms with E-state index in [-0.39, 0.29) is 18.0 Å². The van der Waals surface area contributed by atoms with E-state index in [9.17, 15) is 9.59 Å². The normalized spacial score (nSPS) is 12.2. The molecule has 0 aliphatic rings. The van der Waals surface area contributed by atoms with Crippen LogP contribution < -0.4 is 5.32 Å². The van der Waals surface area contributed by atoms with E-state index in [2.05, 4.69) is 12.2 Å². The summed E-state index contributed by atoms with van der Waals surface area (Å²) < 4.78 is 15.7. The van der Waals surface area contributed by atoms with Gasteiger partial charge in [0.1, 0.15) is 6.61 Å². The molecule has 0 aliphatic heterocycles. The Hall–Kier alpha value is -1.18. The number of amides is 1. The van der Waals surface area contributed by atoms with Crippen molar-refractivity contribution in [2.75, 3.05) is 53.1 Å². The summed E-state index contributed by atoms with van der Waals surface area (Å²) >= 11 is 0. The minimum atomic E-state index is -0.239. The maximum atomic E-state index is 11.8. The van der Waals surface area contributed by atoms with Crippen LogP contribution in [0.2, 0.25) is 0 Å². The molecule has 0 rings (SSSR count). The summed E-state index contributed by atoms with van der Waals surface area (Å²) in [7, 11) is 1.89. The van der Waals surface area contributed by atoms with Crippen LogP contribution in [0.25, 0.3) is 0 Å². The number of carbonyl (C=O) groups is 2. The van der Waals surface area contributed by atoms with Crippen LogP contribution in [0, 0.1) is 0 Å². The highest BCUT2D eigenvalue weighted by Gasteiger charge is 2.08. The molecule has 0 aromatic heterocycles. The molecule has 1 unspecified atom stereocenters. The number of esters is 1. The third kappa shape index (κ3) is 16.1. The summed E-state index contributed by atoms with van der Waals surface area (Å²) in [4.78, 5) is 25.2. The van der Waals surface area contributed by atoms with Crippen LogP contribution in [0.4, 0.5) is 0 Å². The lowest BCUT2D eigenvalue weighted by molar-refractivity contribution is -0.145. The molecule has 1 amide bonds. The van der Waals surface area contributed by atoms with Gasteiger partial charge in [0, 0.05) is 39.3 Å². The minimum absolute atomic E-state index is 0.0229. The molecule has 0 spiro atoms. The standard InChI is InChI=1S/C18H36N2O5/c1-5-16(3)24-13-7-10-19-17(21)8-11-20(4)12-9-18(22)25-15-14-23-6-2/h16H,5-15H2,1-4H3,(H,19,21). The van der Waals surface area contributed by atoms with E-state index >= 15 is 0 Å². The lowest BCUT2D eigenvalue weighted by Crippen LogP contribution is -2.31. The van der Waals surface area contributed by atoms with Crippen LogP contribution in [0.1, 0.15) is 46.5 Å². The maximum absolute atomic E-state index is 11.8. The molecule has 25 heavy (non-hydrogen) atoms. The van der Waals surface area contributed by atoms with E-state index in [0.29, 0.717) is 58.9 Å². The van der Waals surface area contributed by atoms with Gasteiger partial charge in [-0.05, 0) is 33.7 Å². The molecule has 148 valence electrons. The van der Waals surface area contributed by atoms with Crippen molar-refractivity contribution in [3.05, 3.63) is 0 Å². The summed E-state index contributed by atoms with van der Waals surface area (Å²) in [5, 5.41) is 2.88. The topological polar surface area (TPSA) is 77.1 Å². The molecule has 0 saturated heterocycles. The smallest absolute Gasteiger partial charge is 0.307 e. The summed E-state index contributed by atoms with van der Waals surface area (Å²) in [5.41, 5.74) is 0. The number of rotatable bonds is 16. The Morgan fingerprint density at radius 1 is 1.08 bits per heavy atom. The molecule has 0 aromatic carbocycles. The zero-order valence-electron chi connectivity index (χ0n) is 16.3. The van der Waals surface area contributed by atoms with Crippen LogP contribution in [0.15, 0.2) is 0 Å². The maximum Gasteiger partial charge on any atom is 0.307 e. The fraction of sp³-hybridized carbons (Fsp3) is 0.889. The molecule has 0 aliphatic carbocycles. The van der Waals surface area contributed by atoms with Gasteiger partial charge in [-0.25, -0.2) is 0 Å². The van der Waals surface area contributed by atoms with E-state index < -0.39 is 0 Å². The van der Waals surface area contributed by atoms with Crippen LogP contribution in [-0.4, -0.2) is 76.0 Å². The third-order valence-corrected chi connectivity index (χ3v) is 3.73. The second-order valence-electron chi connectivity index (χ2n) is 6.01. The molecule has 0 radical (unpaired) electrons. The fourth-order valence-corrected chi connectivity index (χ4v) is 1.91. The predicted octanol–water partition coefficient (Wildman–Crippen LogP) is 1.60. The summed E-state index contributed by atoms with van der Waals surface area (Å²) in [6, 6.07) is 0. The third-order valence-electron chi connectivity index (χ3n) is 3.73. The Morgan fingerprint density at radius 2 is 1.80 bits per heavy atom. The Bertz CT molecular complexity index is 352. The lowest BCUT2D eigenvalue weighted by Gasteiger charge is -2.16. The van der Waals surface area contributed by atoms with Crippen molar-refractivity contribution in [2.45, 2.75) is 52.6 Å². The molecule has 1 atom stereocenters. The molecule has 0 fully saturated rings. The second-order valence-corrected chi connectivity index (χ2v) is 6.01. The molecule has 7 heteroatoms. The first kappa shape index (κ1) is 23.8. The zero-order valence-corrected chi connectivity index (χ0v) is 16.3. The lowest BCUT2D eigenvalue weighted by atomic mass is 10.3. The van der Waals surface area contributed by atoms with Crippen molar-refractivity contribution in [3.8, 4) is 0 Å². The van der Waals surface area contributed by atoms with Crippen molar-refractivity contribution in [1.82, 2.24) is 10.2 Å². The molecular weight excluding hydrogens is 324 g/mol. The molecule has 0 aromatic rings. The fourth-order valence-electron chi connectivity index (χ4n) is 1.91. The van der Waals surface area contributed by atoms with Gasteiger partial charge >= 0.3 is 5.97 Å². The van der Waals surface area contributed by atoms with Gasteiger partial charge in [-0.15, -0.1) is 0 Å². The number of nitrogens with zero attached hydrogens (tertiary/aromatic N) is 1. The molecule has 7 nitrogen and oxygen atoms in total. The highest BCUT2D eigenvalue weighted by molar-refractivity contribution is 5.76.